The molecule has 3 fully saturated rings. The second-order valence-electron chi connectivity index (χ2n) is 7.66. The van der Waals surface area contributed by atoms with Gasteiger partial charge in [0.1, 0.15) is 0 Å². The number of aliphatic imine (C=N–C) groups is 1. The van der Waals surface area contributed by atoms with Crippen molar-refractivity contribution in [2.24, 2.45) is 22.7 Å². The summed E-state index contributed by atoms with van der Waals surface area (Å²) in [6.07, 6.45) is 5.70. The van der Waals surface area contributed by atoms with Crippen molar-refractivity contribution in [1.29, 1.82) is 0 Å². The van der Waals surface area contributed by atoms with Gasteiger partial charge in [-0.25, -0.2) is 0 Å². The molecule has 3 unspecified atom stereocenters. The summed E-state index contributed by atoms with van der Waals surface area (Å²) in [6.45, 7) is 10.8. The molecule has 1 aliphatic carbocycles. The Morgan fingerprint density at radius 3 is 2.43 bits per heavy atom. The van der Waals surface area contributed by atoms with Crippen molar-refractivity contribution in [2.75, 3.05) is 59.5 Å². The molecule has 132 valence electrons. The van der Waals surface area contributed by atoms with E-state index in [1.807, 2.05) is 7.05 Å². The van der Waals surface area contributed by atoms with Crippen molar-refractivity contribution in [1.82, 2.24) is 15.1 Å². The Bertz CT molecular complexity index is 380. The number of ether oxygens (including phenoxy) is 1. The molecule has 2 heterocycles. The molecule has 1 N–H and O–H groups in total. The highest BCUT2D eigenvalue weighted by atomic mass is 16.5. The monoisotopic (exact) mass is 322 g/mol. The lowest BCUT2D eigenvalue weighted by Gasteiger charge is -2.30. The molecule has 0 amide bonds. The summed E-state index contributed by atoms with van der Waals surface area (Å²) >= 11 is 0. The highest BCUT2D eigenvalue weighted by Crippen LogP contribution is 2.35. The third kappa shape index (κ3) is 4.60. The third-order valence-corrected chi connectivity index (χ3v) is 5.77. The molecule has 3 atom stereocenters. The maximum absolute atomic E-state index is 5.43. The molecule has 0 aromatic carbocycles. The first-order valence-corrected chi connectivity index (χ1v) is 9.52. The van der Waals surface area contributed by atoms with Crippen molar-refractivity contribution < 1.29 is 4.74 Å². The highest BCUT2D eigenvalue weighted by molar-refractivity contribution is 5.80. The first kappa shape index (κ1) is 17.0. The van der Waals surface area contributed by atoms with Crippen LogP contribution in [0.1, 0.15) is 32.6 Å². The minimum absolute atomic E-state index is 0.634. The molecule has 0 radical (unpaired) electrons. The van der Waals surface area contributed by atoms with Gasteiger partial charge in [0.25, 0.3) is 0 Å². The number of morpholine rings is 1. The van der Waals surface area contributed by atoms with Crippen LogP contribution >= 0.6 is 0 Å². The smallest absolute Gasteiger partial charge is 0.193 e. The molecular weight excluding hydrogens is 288 g/mol. The molecule has 3 rings (SSSR count). The number of rotatable bonds is 4. The molecule has 3 aliphatic rings. The number of nitrogens with one attached hydrogen (secondary N) is 1. The van der Waals surface area contributed by atoms with Crippen LogP contribution in [0.15, 0.2) is 4.99 Å². The van der Waals surface area contributed by atoms with Gasteiger partial charge in [-0.15, -0.1) is 0 Å². The molecule has 0 aromatic heterocycles. The second kappa shape index (κ2) is 8.34. The van der Waals surface area contributed by atoms with E-state index >= 15 is 0 Å². The van der Waals surface area contributed by atoms with E-state index in [0.717, 1.165) is 57.2 Å². The number of guanidine groups is 1. The molecule has 5 heteroatoms. The zero-order chi connectivity index (χ0) is 16.1. The van der Waals surface area contributed by atoms with E-state index in [9.17, 15) is 0 Å². The number of fused-ring (bicyclic) bond motifs is 1. The molecule has 23 heavy (non-hydrogen) atoms. The van der Waals surface area contributed by atoms with E-state index in [1.54, 1.807) is 0 Å². The fourth-order valence-electron chi connectivity index (χ4n) is 4.47. The van der Waals surface area contributed by atoms with Gasteiger partial charge in [-0.05, 0) is 30.6 Å². The Morgan fingerprint density at radius 1 is 1.17 bits per heavy atom. The van der Waals surface area contributed by atoms with Crippen LogP contribution in [0.5, 0.6) is 0 Å². The van der Waals surface area contributed by atoms with Crippen LogP contribution < -0.4 is 5.32 Å². The maximum Gasteiger partial charge on any atom is 0.193 e. The summed E-state index contributed by atoms with van der Waals surface area (Å²) in [7, 11) is 1.93. The van der Waals surface area contributed by atoms with Gasteiger partial charge in [0.05, 0.1) is 13.2 Å². The molecule has 2 saturated heterocycles. The first-order chi connectivity index (χ1) is 11.3. The van der Waals surface area contributed by atoms with Crippen LogP contribution in [0.2, 0.25) is 0 Å². The lowest BCUT2D eigenvalue weighted by molar-refractivity contribution is 0.0320. The minimum Gasteiger partial charge on any atom is -0.379 e. The van der Waals surface area contributed by atoms with Gasteiger partial charge in [-0.3, -0.25) is 9.89 Å². The molecule has 2 aliphatic heterocycles. The van der Waals surface area contributed by atoms with Crippen molar-refractivity contribution in [2.45, 2.75) is 32.6 Å². The van der Waals surface area contributed by atoms with Gasteiger partial charge in [0.2, 0.25) is 0 Å². The van der Waals surface area contributed by atoms with Crippen molar-refractivity contribution in [3.05, 3.63) is 0 Å². The van der Waals surface area contributed by atoms with Gasteiger partial charge >= 0.3 is 0 Å². The molecule has 1 saturated carbocycles. The van der Waals surface area contributed by atoms with Crippen LogP contribution in [-0.2, 0) is 4.74 Å². The maximum atomic E-state index is 5.43. The SMILES string of the molecule is CN=C(NCC(C)CN1CCOCC1)N1CC2CCCCC2C1. The van der Waals surface area contributed by atoms with Crippen LogP contribution in [-0.4, -0.2) is 75.3 Å². The topological polar surface area (TPSA) is 40.1 Å². The summed E-state index contributed by atoms with van der Waals surface area (Å²) in [5, 5.41) is 3.63. The summed E-state index contributed by atoms with van der Waals surface area (Å²) in [5.74, 6) is 3.57. The Balaban J connectivity index is 1.42. The quantitative estimate of drug-likeness (QED) is 0.631. The van der Waals surface area contributed by atoms with Crippen LogP contribution in [0.25, 0.3) is 0 Å². The predicted octanol–water partition coefficient (Wildman–Crippen LogP) is 1.65. The lowest BCUT2D eigenvalue weighted by atomic mass is 9.82. The van der Waals surface area contributed by atoms with Crippen LogP contribution in [0.3, 0.4) is 0 Å². The minimum atomic E-state index is 0.634. The second-order valence-corrected chi connectivity index (χ2v) is 7.66. The zero-order valence-electron chi connectivity index (χ0n) is 15.0. The average Bonchev–Trinajstić information content (AvgIpc) is 3.00. The van der Waals surface area contributed by atoms with Gasteiger partial charge in [0, 0.05) is 46.3 Å². The predicted molar refractivity (Wildman–Crippen MR) is 94.8 cm³/mol. The van der Waals surface area contributed by atoms with Crippen molar-refractivity contribution >= 4 is 5.96 Å². The number of hydrogen-bond acceptors (Lipinski definition) is 3. The van der Waals surface area contributed by atoms with E-state index in [-0.39, 0.29) is 0 Å². The normalized spacial score (nSPS) is 31.0. The lowest BCUT2D eigenvalue weighted by Crippen LogP contribution is -2.45. The van der Waals surface area contributed by atoms with Gasteiger partial charge in [0.15, 0.2) is 5.96 Å². The van der Waals surface area contributed by atoms with Crippen LogP contribution in [0, 0.1) is 17.8 Å². The summed E-state index contributed by atoms with van der Waals surface area (Å²) in [5.41, 5.74) is 0. The van der Waals surface area contributed by atoms with Crippen molar-refractivity contribution in [3.8, 4) is 0 Å². The number of nitrogens with zero attached hydrogens (tertiary/aromatic N) is 3. The Labute approximate surface area is 141 Å². The summed E-state index contributed by atoms with van der Waals surface area (Å²) < 4.78 is 5.43. The highest BCUT2D eigenvalue weighted by Gasteiger charge is 2.35. The van der Waals surface area contributed by atoms with Gasteiger partial charge in [-0.2, -0.15) is 0 Å². The van der Waals surface area contributed by atoms with Crippen LogP contribution in [0.4, 0.5) is 0 Å². The number of hydrogen-bond donors (Lipinski definition) is 1. The number of likely N-dealkylation sites (tertiary alicyclic amines) is 1. The molecule has 0 aromatic rings. The third-order valence-electron chi connectivity index (χ3n) is 5.77. The molecule has 0 bridgehead atoms. The van der Waals surface area contributed by atoms with E-state index in [2.05, 4.69) is 27.0 Å². The van der Waals surface area contributed by atoms with E-state index in [1.165, 1.54) is 38.8 Å². The average molecular weight is 322 g/mol. The molecular formula is C18H34N4O. The van der Waals surface area contributed by atoms with Gasteiger partial charge in [-0.1, -0.05) is 19.8 Å². The Hall–Kier alpha value is -0.810. The van der Waals surface area contributed by atoms with Gasteiger partial charge < -0.3 is 15.0 Å². The largest absolute Gasteiger partial charge is 0.379 e. The Morgan fingerprint density at radius 2 is 1.83 bits per heavy atom. The van der Waals surface area contributed by atoms with E-state index < -0.39 is 0 Å². The standard InChI is InChI=1S/C18H34N4O/c1-15(12-21-7-9-23-10-8-21)11-20-18(19-2)22-13-16-5-3-4-6-17(16)14-22/h15-17H,3-14H2,1-2H3,(H,19,20). The zero-order valence-corrected chi connectivity index (χ0v) is 15.0. The fourth-order valence-corrected chi connectivity index (χ4v) is 4.47. The van der Waals surface area contributed by atoms with E-state index in [0.29, 0.717) is 5.92 Å². The van der Waals surface area contributed by atoms with E-state index in [4.69, 9.17) is 4.74 Å². The molecule has 5 nitrogen and oxygen atoms in total. The Kier molecular flexibility index (Phi) is 6.17. The summed E-state index contributed by atoms with van der Waals surface area (Å²) in [6, 6.07) is 0. The fraction of sp³-hybridized carbons (Fsp3) is 0.944. The molecule has 0 spiro atoms. The first-order valence-electron chi connectivity index (χ1n) is 9.52. The summed E-state index contributed by atoms with van der Waals surface area (Å²) in [4.78, 5) is 9.56. The van der Waals surface area contributed by atoms with Crippen molar-refractivity contribution in [3.63, 3.8) is 0 Å².